The molecule has 0 fully saturated rings. The van der Waals surface area contributed by atoms with Gasteiger partial charge in [0.25, 0.3) is 5.91 Å². The van der Waals surface area contributed by atoms with Gasteiger partial charge in [0, 0.05) is 0 Å². The van der Waals surface area contributed by atoms with E-state index < -0.39 is 11.9 Å². The highest BCUT2D eigenvalue weighted by Crippen LogP contribution is 2.26. The van der Waals surface area contributed by atoms with Gasteiger partial charge in [0.1, 0.15) is 11.4 Å². The van der Waals surface area contributed by atoms with Crippen molar-refractivity contribution in [2.75, 3.05) is 11.9 Å². The Morgan fingerprint density at radius 2 is 2.14 bits per heavy atom. The van der Waals surface area contributed by atoms with Crippen molar-refractivity contribution in [3.05, 3.63) is 53.6 Å². The molecule has 0 saturated heterocycles. The molecule has 1 amide bonds. The maximum absolute atomic E-state index is 13.0. The quantitative estimate of drug-likeness (QED) is 0.856. The van der Waals surface area contributed by atoms with Crippen LogP contribution in [0, 0.1) is 12.9 Å². The van der Waals surface area contributed by atoms with Crippen molar-refractivity contribution < 1.29 is 13.9 Å². The van der Waals surface area contributed by atoms with Crippen molar-refractivity contribution in [2.24, 2.45) is 0 Å². The molecule has 2 aromatic rings. The van der Waals surface area contributed by atoms with Crippen LogP contribution >= 0.6 is 0 Å². The van der Waals surface area contributed by atoms with Gasteiger partial charge < -0.3 is 10.1 Å². The lowest BCUT2D eigenvalue weighted by Gasteiger charge is -2.12. The Kier molecular flexibility index (Phi) is 4.87. The van der Waals surface area contributed by atoms with Gasteiger partial charge in [-0.05, 0) is 43.2 Å². The summed E-state index contributed by atoms with van der Waals surface area (Å²) < 4.78 is 18.7. The Morgan fingerprint density at radius 1 is 1.33 bits per heavy atom. The molecule has 0 saturated carbocycles. The highest BCUT2D eigenvalue weighted by atomic mass is 19.1. The Bertz CT molecular complexity index is 644. The van der Waals surface area contributed by atoms with Gasteiger partial charge in [0.15, 0.2) is 0 Å². The van der Waals surface area contributed by atoms with Crippen LogP contribution in [0.2, 0.25) is 0 Å². The Balaban J connectivity index is 2.20. The monoisotopic (exact) mass is 288 g/mol. The number of anilines is 1. The van der Waals surface area contributed by atoms with E-state index in [9.17, 15) is 9.18 Å². The molecular formula is C16H17FN2O2. The zero-order valence-electron chi connectivity index (χ0n) is 12.0. The maximum Gasteiger partial charge on any atom is 0.274 e. The van der Waals surface area contributed by atoms with Gasteiger partial charge in [-0.3, -0.25) is 4.79 Å². The van der Waals surface area contributed by atoms with E-state index in [0.717, 1.165) is 12.0 Å². The molecule has 0 aliphatic heterocycles. The molecule has 0 atom stereocenters. The summed E-state index contributed by atoms with van der Waals surface area (Å²) in [6.07, 6.45) is 0.868. The third-order valence-corrected chi connectivity index (χ3v) is 2.79. The van der Waals surface area contributed by atoms with Crippen LogP contribution in [0.1, 0.15) is 29.4 Å². The molecule has 0 unspecified atom stereocenters. The van der Waals surface area contributed by atoms with Crippen molar-refractivity contribution in [3.8, 4) is 5.75 Å². The van der Waals surface area contributed by atoms with E-state index in [4.69, 9.17) is 4.74 Å². The first-order valence-electron chi connectivity index (χ1n) is 6.77. The summed E-state index contributed by atoms with van der Waals surface area (Å²) in [6, 6.07) is 9.58. The molecule has 0 aliphatic rings. The van der Waals surface area contributed by atoms with Crippen LogP contribution in [0.25, 0.3) is 0 Å². The molecule has 21 heavy (non-hydrogen) atoms. The topological polar surface area (TPSA) is 51.2 Å². The number of ether oxygens (including phenoxy) is 1. The standard InChI is InChI=1S/C16H17FN2O2/c1-3-9-21-14-10-11(2)7-8-12(14)19-16(20)13-5-4-6-15(17)18-13/h4-8,10H,3,9H2,1-2H3,(H,19,20). The molecule has 1 aromatic carbocycles. The summed E-state index contributed by atoms with van der Waals surface area (Å²) in [6.45, 7) is 4.51. The number of carbonyl (C=O) groups is 1. The molecule has 0 aliphatic carbocycles. The molecule has 1 N–H and O–H groups in total. The predicted molar refractivity (Wildman–Crippen MR) is 79.1 cm³/mol. The molecule has 1 aromatic heterocycles. The Morgan fingerprint density at radius 3 is 2.86 bits per heavy atom. The van der Waals surface area contributed by atoms with Crippen molar-refractivity contribution in [2.45, 2.75) is 20.3 Å². The van der Waals surface area contributed by atoms with Crippen LogP contribution in [-0.4, -0.2) is 17.5 Å². The number of hydrogen-bond donors (Lipinski definition) is 1. The summed E-state index contributed by atoms with van der Waals surface area (Å²) in [4.78, 5) is 15.6. The molecule has 1 heterocycles. The Labute approximate surface area is 123 Å². The first-order chi connectivity index (χ1) is 10.1. The SMILES string of the molecule is CCCOc1cc(C)ccc1NC(=O)c1cccc(F)n1. The highest BCUT2D eigenvalue weighted by Gasteiger charge is 2.12. The molecule has 0 bridgehead atoms. The first kappa shape index (κ1) is 15.0. The third kappa shape index (κ3) is 4.02. The van der Waals surface area contributed by atoms with Gasteiger partial charge in [-0.25, -0.2) is 4.98 Å². The number of nitrogens with one attached hydrogen (secondary N) is 1. The average molecular weight is 288 g/mol. The van der Waals surface area contributed by atoms with Gasteiger partial charge in [0.2, 0.25) is 5.95 Å². The van der Waals surface area contributed by atoms with Crippen molar-refractivity contribution in [3.63, 3.8) is 0 Å². The van der Waals surface area contributed by atoms with E-state index in [2.05, 4.69) is 10.3 Å². The number of aromatic nitrogens is 1. The van der Waals surface area contributed by atoms with Crippen LogP contribution in [0.3, 0.4) is 0 Å². The van der Waals surface area contributed by atoms with E-state index in [-0.39, 0.29) is 5.69 Å². The lowest BCUT2D eigenvalue weighted by molar-refractivity contribution is 0.102. The Hall–Kier alpha value is -2.43. The molecule has 2 rings (SSSR count). The van der Waals surface area contributed by atoms with Crippen LogP contribution < -0.4 is 10.1 Å². The second-order valence-corrected chi connectivity index (χ2v) is 4.65. The van der Waals surface area contributed by atoms with Crippen molar-refractivity contribution in [1.29, 1.82) is 0 Å². The highest BCUT2D eigenvalue weighted by molar-refractivity contribution is 6.03. The number of rotatable bonds is 5. The number of nitrogens with zero attached hydrogens (tertiary/aromatic N) is 1. The van der Waals surface area contributed by atoms with Gasteiger partial charge in [-0.2, -0.15) is 4.39 Å². The average Bonchev–Trinajstić information content (AvgIpc) is 2.47. The normalized spacial score (nSPS) is 10.2. The van der Waals surface area contributed by atoms with Gasteiger partial charge in [-0.1, -0.05) is 19.1 Å². The minimum absolute atomic E-state index is 0.0250. The van der Waals surface area contributed by atoms with Gasteiger partial charge in [0.05, 0.1) is 12.3 Å². The summed E-state index contributed by atoms with van der Waals surface area (Å²) >= 11 is 0. The number of amides is 1. The van der Waals surface area contributed by atoms with E-state index >= 15 is 0 Å². The molecular weight excluding hydrogens is 271 g/mol. The first-order valence-corrected chi connectivity index (χ1v) is 6.77. The number of pyridine rings is 1. The second-order valence-electron chi connectivity index (χ2n) is 4.65. The zero-order valence-corrected chi connectivity index (χ0v) is 12.0. The van der Waals surface area contributed by atoms with E-state index in [1.165, 1.54) is 18.2 Å². The van der Waals surface area contributed by atoms with Crippen LogP contribution in [0.5, 0.6) is 5.75 Å². The maximum atomic E-state index is 13.0. The molecule has 110 valence electrons. The number of benzene rings is 1. The summed E-state index contributed by atoms with van der Waals surface area (Å²) in [7, 11) is 0. The van der Waals surface area contributed by atoms with E-state index in [0.29, 0.717) is 18.0 Å². The zero-order chi connectivity index (χ0) is 15.2. The summed E-state index contributed by atoms with van der Waals surface area (Å²) in [5.74, 6) is -0.560. The molecule has 4 nitrogen and oxygen atoms in total. The van der Waals surface area contributed by atoms with E-state index in [1.807, 2.05) is 26.0 Å². The molecule has 0 spiro atoms. The third-order valence-electron chi connectivity index (χ3n) is 2.79. The van der Waals surface area contributed by atoms with Crippen LogP contribution in [0.15, 0.2) is 36.4 Å². The summed E-state index contributed by atoms with van der Waals surface area (Å²) in [5, 5.41) is 2.70. The number of hydrogen-bond acceptors (Lipinski definition) is 3. The minimum atomic E-state index is -0.686. The number of halogens is 1. The smallest absolute Gasteiger partial charge is 0.274 e. The van der Waals surface area contributed by atoms with Crippen LogP contribution in [0.4, 0.5) is 10.1 Å². The van der Waals surface area contributed by atoms with Crippen molar-refractivity contribution >= 4 is 11.6 Å². The van der Waals surface area contributed by atoms with Crippen LogP contribution in [-0.2, 0) is 0 Å². The minimum Gasteiger partial charge on any atom is -0.491 e. The fraction of sp³-hybridized carbons (Fsp3) is 0.250. The van der Waals surface area contributed by atoms with Gasteiger partial charge in [-0.15, -0.1) is 0 Å². The van der Waals surface area contributed by atoms with Gasteiger partial charge >= 0.3 is 0 Å². The number of aryl methyl sites for hydroxylation is 1. The lowest BCUT2D eigenvalue weighted by atomic mass is 10.2. The lowest BCUT2D eigenvalue weighted by Crippen LogP contribution is -2.15. The fourth-order valence-corrected chi connectivity index (χ4v) is 1.79. The predicted octanol–water partition coefficient (Wildman–Crippen LogP) is 3.57. The number of carbonyl (C=O) groups excluding carboxylic acids is 1. The largest absolute Gasteiger partial charge is 0.491 e. The second kappa shape index (κ2) is 6.83. The molecule has 5 heteroatoms. The molecule has 0 radical (unpaired) electrons. The van der Waals surface area contributed by atoms with Crippen molar-refractivity contribution in [1.82, 2.24) is 4.98 Å². The van der Waals surface area contributed by atoms with E-state index in [1.54, 1.807) is 6.07 Å². The fourth-order valence-electron chi connectivity index (χ4n) is 1.79. The summed E-state index contributed by atoms with van der Waals surface area (Å²) in [5.41, 5.74) is 1.60.